The van der Waals surface area contributed by atoms with Crippen molar-refractivity contribution >= 4 is 12.6 Å². The lowest BCUT2D eigenvalue weighted by molar-refractivity contribution is -0.123. The fourth-order valence-corrected chi connectivity index (χ4v) is 0.889. The molecule has 0 spiro atoms. The molecule has 2 atom stereocenters. The minimum absolute atomic E-state index is 0.0486. The minimum Gasteiger partial charge on any atom is -0.303 e. The smallest absolute Gasteiger partial charge is 0.123 e. The van der Waals surface area contributed by atoms with Crippen molar-refractivity contribution < 1.29 is 9.59 Å². The van der Waals surface area contributed by atoms with Crippen molar-refractivity contribution in [3.63, 3.8) is 0 Å². The van der Waals surface area contributed by atoms with Gasteiger partial charge in [-0.15, -0.1) is 0 Å². The highest BCUT2D eigenvalue weighted by Gasteiger charge is 2.29. The Morgan fingerprint density at radius 1 is 1.00 bits per heavy atom. The van der Waals surface area contributed by atoms with Crippen LogP contribution in [0.5, 0.6) is 0 Å². The van der Waals surface area contributed by atoms with Gasteiger partial charge >= 0.3 is 0 Å². The first-order valence-corrected chi connectivity index (χ1v) is 2.79. The van der Waals surface area contributed by atoms with E-state index in [9.17, 15) is 9.59 Å². The molecule has 2 nitrogen and oxygen atoms in total. The lowest BCUT2D eigenvalue weighted by Gasteiger charge is -2.26. The van der Waals surface area contributed by atoms with E-state index < -0.39 is 0 Å². The summed E-state index contributed by atoms with van der Waals surface area (Å²) in [5.74, 6) is 0.0972. The molecule has 0 bridgehead atoms. The van der Waals surface area contributed by atoms with Crippen molar-refractivity contribution in [2.45, 2.75) is 12.8 Å². The molecular weight excluding hydrogens is 104 g/mol. The van der Waals surface area contributed by atoms with Gasteiger partial charge in [0.05, 0.1) is 0 Å². The molecule has 1 aliphatic carbocycles. The van der Waals surface area contributed by atoms with Crippen molar-refractivity contribution in [1.82, 2.24) is 0 Å². The van der Waals surface area contributed by atoms with Gasteiger partial charge in [0.15, 0.2) is 0 Å². The number of hydrogen-bond acceptors (Lipinski definition) is 2. The van der Waals surface area contributed by atoms with Gasteiger partial charge < -0.3 is 9.59 Å². The molecule has 1 aliphatic rings. The third-order valence-electron chi connectivity index (χ3n) is 1.73. The van der Waals surface area contributed by atoms with Crippen molar-refractivity contribution in [2.24, 2.45) is 11.8 Å². The van der Waals surface area contributed by atoms with E-state index in [0.29, 0.717) is 0 Å². The van der Waals surface area contributed by atoms with Gasteiger partial charge in [-0.05, 0) is 12.8 Å². The molecule has 1 rings (SSSR count). The van der Waals surface area contributed by atoms with Crippen LogP contribution in [-0.4, -0.2) is 12.6 Å². The second kappa shape index (κ2) is 2.07. The molecular formula is C6H8O2. The Morgan fingerprint density at radius 3 is 1.50 bits per heavy atom. The van der Waals surface area contributed by atoms with Gasteiger partial charge in [0.1, 0.15) is 12.6 Å². The number of carbonyl (C=O) groups excluding carboxylic acids is 2. The van der Waals surface area contributed by atoms with Crippen LogP contribution in [0.2, 0.25) is 0 Å². The summed E-state index contributed by atoms with van der Waals surface area (Å²) in [5.41, 5.74) is 0. The molecule has 0 aromatic rings. The Bertz CT molecular complexity index is 95.1. The molecule has 0 heterocycles. The van der Waals surface area contributed by atoms with Crippen LogP contribution in [0.3, 0.4) is 0 Å². The second-order valence-electron chi connectivity index (χ2n) is 2.18. The summed E-state index contributed by atoms with van der Waals surface area (Å²) < 4.78 is 0. The van der Waals surface area contributed by atoms with Crippen LogP contribution >= 0.6 is 0 Å². The summed E-state index contributed by atoms with van der Waals surface area (Å²) in [6.07, 6.45) is 3.57. The standard InChI is InChI=1S/C6H8O2/c7-3-5-1-2-6(5)4-8/h3-6H,1-2H2/t5-,6+. The van der Waals surface area contributed by atoms with Gasteiger partial charge in [-0.1, -0.05) is 0 Å². The molecule has 44 valence electrons. The Labute approximate surface area is 47.9 Å². The van der Waals surface area contributed by atoms with Gasteiger partial charge in [0.25, 0.3) is 0 Å². The summed E-state index contributed by atoms with van der Waals surface area (Å²) in [6.45, 7) is 0. The molecule has 8 heavy (non-hydrogen) atoms. The summed E-state index contributed by atoms with van der Waals surface area (Å²) in [7, 11) is 0. The zero-order valence-electron chi connectivity index (χ0n) is 4.54. The minimum atomic E-state index is 0.0486. The summed E-state index contributed by atoms with van der Waals surface area (Å²) in [4.78, 5) is 20.0. The Balaban J connectivity index is 2.36. The van der Waals surface area contributed by atoms with E-state index in [4.69, 9.17) is 0 Å². The zero-order valence-corrected chi connectivity index (χ0v) is 4.54. The number of hydrogen-bond donors (Lipinski definition) is 0. The normalized spacial score (nSPS) is 35.5. The van der Waals surface area contributed by atoms with E-state index >= 15 is 0 Å². The molecule has 0 N–H and O–H groups in total. The average Bonchev–Trinajstić information content (AvgIpc) is 1.66. The lowest BCUT2D eigenvalue weighted by atomic mass is 9.76. The first-order chi connectivity index (χ1) is 3.88. The summed E-state index contributed by atoms with van der Waals surface area (Å²) in [6, 6.07) is 0. The highest BCUT2D eigenvalue weighted by atomic mass is 16.1. The summed E-state index contributed by atoms with van der Waals surface area (Å²) >= 11 is 0. The molecule has 0 amide bonds. The van der Waals surface area contributed by atoms with Crippen LogP contribution in [0.15, 0.2) is 0 Å². The molecule has 0 aliphatic heterocycles. The average molecular weight is 112 g/mol. The molecule has 0 aromatic carbocycles. The van der Waals surface area contributed by atoms with Crippen LogP contribution in [0.25, 0.3) is 0 Å². The van der Waals surface area contributed by atoms with Crippen LogP contribution < -0.4 is 0 Å². The SMILES string of the molecule is O=C[C@@H]1CC[C@@H]1C=O. The van der Waals surface area contributed by atoms with Gasteiger partial charge in [0, 0.05) is 11.8 Å². The molecule has 1 fully saturated rings. The highest BCUT2D eigenvalue weighted by Crippen LogP contribution is 2.30. The maximum absolute atomic E-state index is 10.00. The predicted molar refractivity (Wildman–Crippen MR) is 28.3 cm³/mol. The summed E-state index contributed by atoms with van der Waals surface area (Å²) in [5, 5.41) is 0. The van der Waals surface area contributed by atoms with Crippen LogP contribution in [0, 0.1) is 11.8 Å². The Kier molecular flexibility index (Phi) is 1.42. The second-order valence-corrected chi connectivity index (χ2v) is 2.18. The van der Waals surface area contributed by atoms with Crippen molar-refractivity contribution in [1.29, 1.82) is 0 Å². The van der Waals surface area contributed by atoms with Gasteiger partial charge in [0.2, 0.25) is 0 Å². The monoisotopic (exact) mass is 112 g/mol. The maximum Gasteiger partial charge on any atom is 0.123 e. The topological polar surface area (TPSA) is 34.1 Å². The van der Waals surface area contributed by atoms with E-state index in [1.807, 2.05) is 0 Å². The van der Waals surface area contributed by atoms with Crippen molar-refractivity contribution in [3.05, 3.63) is 0 Å². The van der Waals surface area contributed by atoms with Gasteiger partial charge in [-0.25, -0.2) is 0 Å². The zero-order chi connectivity index (χ0) is 5.98. The Hall–Kier alpha value is -0.660. The third kappa shape index (κ3) is 0.661. The lowest BCUT2D eigenvalue weighted by Crippen LogP contribution is -2.27. The molecule has 0 saturated heterocycles. The quantitative estimate of drug-likeness (QED) is 0.485. The number of aldehydes is 2. The van der Waals surface area contributed by atoms with Gasteiger partial charge in [-0.3, -0.25) is 0 Å². The van der Waals surface area contributed by atoms with Crippen LogP contribution in [0.1, 0.15) is 12.8 Å². The molecule has 2 heteroatoms. The highest BCUT2D eigenvalue weighted by molar-refractivity contribution is 5.66. The Morgan fingerprint density at radius 2 is 1.38 bits per heavy atom. The fraction of sp³-hybridized carbons (Fsp3) is 0.667. The fourth-order valence-electron chi connectivity index (χ4n) is 0.889. The van der Waals surface area contributed by atoms with E-state index in [2.05, 4.69) is 0 Å². The molecule has 1 saturated carbocycles. The molecule has 0 unspecified atom stereocenters. The van der Waals surface area contributed by atoms with E-state index in [1.165, 1.54) is 0 Å². The third-order valence-corrected chi connectivity index (χ3v) is 1.73. The first kappa shape index (κ1) is 5.48. The van der Waals surface area contributed by atoms with E-state index in [-0.39, 0.29) is 11.8 Å². The van der Waals surface area contributed by atoms with Crippen LogP contribution in [-0.2, 0) is 9.59 Å². The van der Waals surface area contributed by atoms with E-state index in [1.54, 1.807) is 0 Å². The maximum atomic E-state index is 10.00. The van der Waals surface area contributed by atoms with E-state index in [0.717, 1.165) is 25.4 Å². The molecule has 0 aromatic heterocycles. The van der Waals surface area contributed by atoms with Crippen LogP contribution in [0.4, 0.5) is 0 Å². The molecule has 0 radical (unpaired) electrons. The first-order valence-electron chi connectivity index (χ1n) is 2.79. The largest absolute Gasteiger partial charge is 0.303 e. The predicted octanol–water partition coefficient (Wildman–Crippen LogP) is 0.410. The number of carbonyl (C=O) groups is 2. The van der Waals surface area contributed by atoms with Gasteiger partial charge in [-0.2, -0.15) is 0 Å². The number of rotatable bonds is 2. The van der Waals surface area contributed by atoms with Crippen molar-refractivity contribution in [2.75, 3.05) is 0 Å². The van der Waals surface area contributed by atoms with Crippen molar-refractivity contribution in [3.8, 4) is 0 Å².